The number of carbonyl (C=O) groups excluding carboxylic acids is 1. The molecule has 0 aliphatic carbocycles. The van der Waals surface area contributed by atoms with Crippen LogP contribution in [0.25, 0.3) is 0 Å². The van der Waals surface area contributed by atoms with Crippen LogP contribution in [0, 0.1) is 11.3 Å². The van der Waals surface area contributed by atoms with Gasteiger partial charge in [-0.05, 0) is 24.2 Å². The quantitative estimate of drug-likeness (QED) is 0.807. The SMILES string of the molecule is CC(CNC(=O)N1CCC(C)(C)CC1)CC(=O)O. The van der Waals surface area contributed by atoms with Crippen LogP contribution in [0.15, 0.2) is 0 Å². The highest BCUT2D eigenvalue weighted by atomic mass is 16.4. The van der Waals surface area contributed by atoms with Crippen molar-refractivity contribution in [3.8, 4) is 0 Å². The van der Waals surface area contributed by atoms with E-state index in [0.29, 0.717) is 12.0 Å². The minimum Gasteiger partial charge on any atom is -0.481 e. The second-order valence-corrected chi connectivity index (χ2v) is 6.04. The van der Waals surface area contributed by atoms with Crippen LogP contribution in [0.1, 0.15) is 40.0 Å². The third kappa shape index (κ3) is 4.94. The summed E-state index contributed by atoms with van der Waals surface area (Å²) in [6, 6.07) is -0.0669. The lowest BCUT2D eigenvalue weighted by Gasteiger charge is -2.36. The fourth-order valence-electron chi connectivity index (χ4n) is 2.06. The fourth-order valence-corrected chi connectivity index (χ4v) is 2.06. The van der Waals surface area contributed by atoms with E-state index in [4.69, 9.17) is 5.11 Å². The van der Waals surface area contributed by atoms with Gasteiger partial charge < -0.3 is 15.3 Å². The molecule has 0 radical (unpaired) electrons. The summed E-state index contributed by atoms with van der Waals surface area (Å²) in [6.07, 6.45) is 2.13. The predicted molar refractivity (Wildman–Crippen MR) is 69.4 cm³/mol. The average molecular weight is 256 g/mol. The smallest absolute Gasteiger partial charge is 0.317 e. The van der Waals surface area contributed by atoms with Crippen molar-refractivity contribution in [2.45, 2.75) is 40.0 Å². The van der Waals surface area contributed by atoms with Crippen molar-refractivity contribution in [2.24, 2.45) is 11.3 Å². The molecule has 1 saturated heterocycles. The van der Waals surface area contributed by atoms with Gasteiger partial charge in [0.15, 0.2) is 0 Å². The van der Waals surface area contributed by atoms with Gasteiger partial charge in [-0.3, -0.25) is 4.79 Å². The average Bonchev–Trinajstić information content (AvgIpc) is 2.25. The minimum absolute atomic E-state index is 0.0346. The molecule has 0 saturated carbocycles. The molecule has 18 heavy (non-hydrogen) atoms. The number of nitrogens with zero attached hydrogens (tertiary/aromatic N) is 1. The summed E-state index contributed by atoms with van der Waals surface area (Å²) in [6.45, 7) is 8.26. The normalized spacial score (nSPS) is 20.3. The highest BCUT2D eigenvalue weighted by Gasteiger charge is 2.27. The van der Waals surface area contributed by atoms with Gasteiger partial charge in [0.05, 0.1) is 0 Å². The summed E-state index contributed by atoms with van der Waals surface area (Å²) in [5, 5.41) is 11.4. The highest BCUT2D eigenvalue weighted by molar-refractivity contribution is 5.74. The summed E-state index contributed by atoms with van der Waals surface area (Å²) in [5.74, 6) is -0.857. The molecule has 1 atom stereocenters. The highest BCUT2D eigenvalue weighted by Crippen LogP contribution is 2.29. The Morgan fingerprint density at radius 3 is 2.39 bits per heavy atom. The summed E-state index contributed by atoms with van der Waals surface area (Å²) in [4.78, 5) is 24.2. The van der Waals surface area contributed by atoms with Crippen LogP contribution in [0.3, 0.4) is 0 Å². The van der Waals surface area contributed by atoms with Gasteiger partial charge in [-0.2, -0.15) is 0 Å². The first kappa shape index (κ1) is 14.8. The maximum Gasteiger partial charge on any atom is 0.317 e. The largest absolute Gasteiger partial charge is 0.481 e. The molecule has 2 N–H and O–H groups in total. The predicted octanol–water partition coefficient (Wildman–Crippen LogP) is 1.93. The van der Waals surface area contributed by atoms with E-state index in [1.54, 1.807) is 0 Å². The molecule has 5 nitrogen and oxygen atoms in total. The first-order valence-corrected chi connectivity index (χ1v) is 6.55. The Bertz CT molecular complexity index is 305. The number of carboxylic acids is 1. The van der Waals surface area contributed by atoms with Gasteiger partial charge in [-0.1, -0.05) is 20.8 Å². The number of rotatable bonds is 4. The molecule has 5 heteroatoms. The van der Waals surface area contributed by atoms with Crippen LogP contribution < -0.4 is 5.32 Å². The molecule has 1 fully saturated rings. The molecule has 0 aromatic carbocycles. The molecule has 0 spiro atoms. The monoisotopic (exact) mass is 256 g/mol. The lowest BCUT2D eigenvalue weighted by molar-refractivity contribution is -0.137. The summed E-state index contributed by atoms with van der Waals surface area (Å²) < 4.78 is 0. The molecule has 1 aliphatic heterocycles. The standard InChI is InChI=1S/C13H24N2O3/c1-10(8-11(16)17)9-14-12(18)15-6-4-13(2,3)5-7-15/h10H,4-9H2,1-3H3,(H,14,18)(H,16,17). The number of nitrogens with one attached hydrogen (secondary N) is 1. The third-order valence-corrected chi connectivity index (χ3v) is 3.53. The maximum atomic E-state index is 11.9. The maximum absolute atomic E-state index is 11.9. The molecule has 104 valence electrons. The van der Waals surface area contributed by atoms with Crippen molar-refractivity contribution in [3.05, 3.63) is 0 Å². The van der Waals surface area contributed by atoms with E-state index in [0.717, 1.165) is 25.9 Å². The third-order valence-electron chi connectivity index (χ3n) is 3.53. The number of amides is 2. The molecule has 0 aromatic heterocycles. The van der Waals surface area contributed by atoms with Crippen LogP contribution in [0.5, 0.6) is 0 Å². The number of carboxylic acid groups (broad SMARTS) is 1. The zero-order valence-corrected chi connectivity index (χ0v) is 11.5. The van der Waals surface area contributed by atoms with E-state index in [1.807, 2.05) is 11.8 Å². The van der Waals surface area contributed by atoms with Crippen molar-refractivity contribution in [1.82, 2.24) is 10.2 Å². The second-order valence-electron chi connectivity index (χ2n) is 6.04. The van der Waals surface area contributed by atoms with Crippen molar-refractivity contribution in [1.29, 1.82) is 0 Å². The molecule has 0 aromatic rings. The van der Waals surface area contributed by atoms with Crippen LogP contribution >= 0.6 is 0 Å². The second kappa shape index (κ2) is 6.07. The van der Waals surface area contributed by atoms with Crippen molar-refractivity contribution in [2.75, 3.05) is 19.6 Å². The van der Waals surface area contributed by atoms with Gasteiger partial charge in [0.25, 0.3) is 0 Å². The Morgan fingerprint density at radius 2 is 1.89 bits per heavy atom. The van der Waals surface area contributed by atoms with Crippen molar-refractivity contribution < 1.29 is 14.7 Å². The Morgan fingerprint density at radius 1 is 1.33 bits per heavy atom. The van der Waals surface area contributed by atoms with Gasteiger partial charge in [0, 0.05) is 26.1 Å². The van der Waals surface area contributed by atoms with Gasteiger partial charge in [-0.25, -0.2) is 4.79 Å². The number of urea groups is 1. The van der Waals surface area contributed by atoms with Crippen LogP contribution in [-0.4, -0.2) is 41.6 Å². The van der Waals surface area contributed by atoms with Gasteiger partial charge in [0.1, 0.15) is 0 Å². The minimum atomic E-state index is -0.823. The van der Waals surface area contributed by atoms with Crippen molar-refractivity contribution in [3.63, 3.8) is 0 Å². The molecular formula is C13H24N2O3. The Hall–Kier alpha value is -1.26. The van der Waals surface area contributed by atoms with E-state index >= 15 is 0 Å². The van der Waals surface area contributed by atoms with Crippen LogP contribution in [0.2, 0.25) is 0 Å². The van der Waals surface area contributed by atoms with E-state index < -0.39 is 5.97 Å². The van der Waals surface area contributed by atoms with Crippen molar-refractivity contribution >= 4 is 12.0 Å². The first-order valence-electron chi connectivity index (χ1n) is 6.55. The Kier molecular flexibility index (Phi) is 4.99. The molecule has 1 heterocycles. The number of hydrogen-bond donors (Lipinski definition) is 2. The van der Waals surface area contributed by atoms with Crippen LogP contribution in [0.4, 0.5) is 4.79 Å². The number of piperidine rings is 1. The molecule has 1 rings (SSSR count). The van der Waals surface area contributed by atoms with Gasteiger partial charge in [0.2, 0.25) is 0 Å². The van der Waals surface area contributed by atoms with Gasteiger partial charge >= 0.3 is 12.0 Å². The Balaban J connectivity index is 2.27. The number of carbonyl (C=O) groups is 2. The van der Waals surface area contributed by atoms with E-state index in [2.05, 4.69) is 19.2 Å². The lowest BCUT2D eigenvalue weighted by Crippen LogP contribution is -2.47. The van der Waals surface area contributed by atoms with Crippen LogP contribution in [-0.2, 0) is 4.79 Å². The topological polar surface area (TPSA) is 69.6 Å². The van der Waals surface area contributed by atoms with E-state index in [-0.39, 0.29) is 18.4 Å². The summed E-state index contributed by atoms with van der Waals surface area (Å²) in [7, 11) is 0. The van der Waals surface area contributed by atoms with E-state index in [1.165, 1.54) is 0 Å². The molecular weight excluding hydrogens is 232 g/mol. The molecule has 2 amide bonds. The molecule has 0 bridgehead atoms. The zero-order chi connectivity index (χ0) is 13.8. The molecule has 1 unspecified atom stereocenters. The number of hydrogen-bond acceptors (Lipinski definition) is 2. The fraction of sp³-hybridized carbons (Fsp3) is 0.846. The van der Waals surface area contributed by atoms with Gasteiger partial charge in [-0.15, -0.1) is 0 Å². The first-order chi connectivity index (χ1) is 8.30. The summed E-state index contributed by atoms with van der Waals surface area (Å²) >= 11 is 0. The van der Waals surface area contributed by atoms with E-state index in [9.17, 15) is 9.59 Å². The zero-order valence-electron chi connectivity index (χ0n) is 11.5. The number of aliphatic carboxylic acids is 1. The summed E-state index contributed by atoms with van der Waals surface area (Å²) in [5.41, 5.74) is 0.327. The molecule has 1 aliphatic rings. The Labute approximate surface area is 109 Å². The number of likely N-dealkylation sites (tertiary alicyclic amines) is 1. The lowest BCUT2D eigenvalue weighted by atomic mass is 9.83.